The number of nitrogens with zero attached hydrogens (tertiary/aromatic N) is 2. The summed E-state index contributed by atoms with van der Waals surface area (Å²) in [6, 6.07) is 5.94. The maximum Gasteiger partial charge on any atom is 0.216 e. The molecule has 2 rings (SSSR count). The number of rotatable bonds is 15. The van der Waals surface area contributed by atoms with Gasteiger partial charge < -0.3 is 10.1 Å². The Hall–Kier alpha value is -2.71. The van der Waals surface area contributed by atoms with Crippen molar-refractivity contribution in [3.05, 3.63) is 77.2 Å². The highest BCUT2D eigenvalue weighted by atomic mass is 32.2. The highest BCUT2D eigenvalue weighted by molar-refractivity contribution is 8.11. The van der Waals surface area contributed by atoms with Gasteiger partial charge in [-0.15, -0.1) is 0 Å². The van der Waals surface area contributed by atoms with E-state index in [4.69, 9.17) is 10.5 Å². The van der Waals surface area contributed by atoms with Crippen LogP contribution in [0.4, 0.5) is 8.78 Å². The van der Waals surface area contributed by atoms with Crippen molar-refractivity contribution in [1.29, 1.82) is 0 Å². The van der Waals surface area contributed by atoms with Gasteiger partial charge in [-0.1, -0.05) is 51.3 Å². The van der Waals surface area contributed by atoms with Gasteiger partial charge in [-0.05, 0) is 82.0 Å². The van der Waals surface area contributed by atoms with E-state index in [0.29, 0.717) is 24.4 Å². The van der Waals surface area contributed by atoms with E-state index in [9.17, 15) is 8.78 Å². The molecule has 3 N–H and O–H groups in total. The maximum atomic E-state index is 14.6. The fourth-order valence-electron chi connectivity index (χ4n) is 3.74. The molecule has 0 aliphatic carbocycles. The quantitative estimate of drug-likeness (QED) is 0.214. The van der Waals surface area contributed by atoms with Gasteiger partial charge in [0.2, 0.25) is 5.79 Å². The van der Waals surface area contributed by atoms with E-state index in [1.54, 1.807) is 38.0 Å². The second kappa shape index (κ2) is 14.1. The Morgan fingerprint density at radius 3 is 2.31 bits per heavy atom. The molecule has 3 atom stereocenters. The van der Waals surface area contributed by atoms with Gasteiger partial charge >= 0.3 is 0 Å². The van der Waals surface area contributed by atoms with E-state index in [2.05, 4.69) is 35.4 Å². The number of benzene rings is 1. The number of nitrogens with two attached hydrogens (primary N) is 1. The number of nitrogens with one attached hydrogen (secondary N) is 1. The predicted molar refractivity (Wildman–Crippen MR) is 161 cm³/mol. The first kappa shape index (κ1) is 32.5. The molecular weight excluding hydrogens is 514 g/mol. The Bertz CT molecular complexity index is 1150. The van der Waals surface area contributed by atoms with Crippen LogP contribution >= 0.6 is 11.8 Å². The molecule has 0 amide bonds. The first-order valence-corrected chi connectivity index (χ1v) is 14.2. The van der Waals surface area contributed by atoms with Crippen LogP contribution in [0.2, 0.25) is 0 Å². The first-order valence-electron chi connectivity index (χ1n) is 13.4. The lowest BCUT2D eigenvalue weighted by Crippen LogP contribution is -2.29. The van der Waals surface area contributed by atoms with E-state index in [-0.39, 0.29) is 17.8 Å². The van der Waals surface area contributed by atoms with Gasteiger partial charge in [-0.2, -0.15) is 0 Å². The molecule has 0 saturated carbocycles. The van der Waals surface area contributed by atoms with Crippen LogP contribution in [0.25, 0.3) is 10.6 Å². The molecular formula is C31H44F2N4OS. The molecule has 1 heterocycles. The molecule has 8 heteroatoms. The maximum absolute atomic E-state index is 14.6. The van der Waals surface area contributed by atoms with Crippen molar-refractivity contribution in [2.24, 2.45) is 11.7 Å². The lowest BCUT2D eigenvalue weighted by atomic mass is 9.88. The Balaban J connectivity index is 2.31. The molecule has 0 aliphatic rings. The number of ether oxygens (including phenoxy) is 1. The molecule has 214 valence electrons. The van der Waals surface area contributed by atoms with E-state index in [1.807, 2.05) is 45.0 Å². The molecule has 0 saturated heterocycles. The third-order valence-electron chi connectivity index (χ3n) is 6.62. The normalized spacial score (nSPS) is 15.3. The third kappa shape index (κ3) is 10.4. The zero-order chi connectivity index (χ0) is 29.4. The van der Waals surface area contributed by atoms with Crippen LogP contribution in [0.15, 0.2) is 54.7 Å². The van der Waals surface area contributed by atoms with Crippen LogP contribution in [-0.4, -0.2) is 21.7 Å². The summed E-state index contributed by atoms with van der Waals surface area (Å²) in [5.74, 6) is -1.63. The average Bonchev–Trinajstić information content (AvgIpc) is 2.86. The van der Waals surface area contributed by atoms with Gasteiger partial charge in [0.25, 0.3) is 0 Å². The molecule has 0 fully saturated rings. The van der Waals surface area contributed by atoms with Gasteiger partial charge in [0.15, 0.2) is 5.82 Å². The summed E-state index contributed by atoms with van der Waals surface area (Å²) in [6.45, 7) is 21.4. The minimum absolute atomic E-state index is 0.0703. The van der Waals surface area contributed by atoms with Crippen molar-refractivity contribution in [1.82, 2.24) is 15.3 Å². The van der Waals surface area contributed by atoms with Crippen molar-refractivity contribution >= 4 is 22.4 Å². The Morgan fingerprint density at radius 2 is 1.77 bits per heavy atom. The van der Waals surface area contributed by atoms with E-state index in [1.165, 1.54) is 6.92 Å². The molecule has 2 aromatic rings. The largest absolute Gasteiger partial charge is 0.490 e. The summed E-state index contributed by atoms with van der Waals surface area (Å²) < 4.78 is 34.9. The molecule has 1 aromatic heterocycles. The number of aromatic nitrogens is 2. The summed E-state index contributed by atoms with van der Waals surface area (Å²) in [6.07, 6.45) is 7.36. The van der Waals surface area contributed by atoms with Gasteiger partial charge in [0.05, 0.1) is 6.10 Å². The summed E-state index contributed by atoms with van der Waals surface area (Å²) >= 11 is 1.59. The number of alkyl halides is 2. The van der Waals surface area contributed by atoms with Crippen LogP contribution < -0.4 is 15.8 Å². The second-order valence-corrected chi connectivity index (χ2v) is 12.1. The highest BCUT2D eigenvalue weighted by Crippen LogP contribution is 2.36. The molecule has 0 bridgehead atoms. The van der Waals surface area contributed by atoms with Gasteiger partial charge in [0.1, 0.15) is 11.4 Å². The molecule has 0 spiro atoms. The molecule has 3 unspecified atom stereocenters. The molecule has 0 aliphatic heterocycles. The Labute approximate surface area is 237 Å². The van der Waals surface area contributed by atoms with Crippen LogP contribution in [0.3, 0.4) is 0 Å². The number of halogens is 2. The standard InChI is InChI=1S/C31H44F2N4OS/c1-10-12-27(13-20(3)30(7,8)32)38-28-15-25(14-26(16-28)23(6)39-21(4)11-2)22(5)35-17-24-18-36-29(37-19-24)31(9,33)34/h11,14-16,18-20,27,35H,5-6,10,12-13,17,34H2,1-4,7-9H3/b21-11-. The van der Waals surface area contributed by atoms with Gasteiger partial charge in [-0.25, -0.2) is 18.7 Å². The topological polar surface area (TPSA) is 73.1 Å². The van der Waals surface area contributed by atoms with Crippen molar-refractivity contribution < 1.29 is 13.5 Å². The third-order valence-corrected chi connectivity index (χ3v) is 7.66. The second-order valence-electron chi connectivity index (χ2n) is 10.7. The van der Waals surface area contributed by atoms with Crippen molar-refractivity contribution in [3.8, 4) is 5.75 Å². The summed E-state index contributed by atoms with van der Waals surface area (Å²) in [4.78, 5) is 10.1. The van der Waals surface area contributed by atoms with Crippen LogP contribution in [0.1, 0.15) is 90.2 Å². The number of allylic oxidation sites excluding steroid dienone is 2. The van der Waals surface area contributed by atoms with Crippen LogP contribution in [-0.2, 0) is 12.3 Å². The fourth-order valence-corrected chi connectivity index (χ4v) is 4.48. The lowest BCUT2D eigenvalue weighted by molar-refractivity contribution is 0.0802. The van der Waals surface area contributed by atoms with E-state index < -0.39 is 11.5 Å². The van der Waals surface area contributed by atoms with Gasteiger partial charge in [0, 0.05) is 40.7 Å². The van der Waals surface area contributed by atoms with Crippen molar-refractivity contribution in [2.75, 3.05) is 0 Å². The van der Waals surface area contributed by atoms with Crippen molar-refractivity contribution in [2.45, 2.75) is 91.8 Å². The van der Waals surface area contributed by atoms with Crippen LogP contribution in [0.5, 0.6) is 5.75 Å². The zero-order valence-corrected chi connectivity index (χ0v) is 25.2. The monoisotopic (exact) mass is 558 g/mol. The van der Waals surface area contributed by atoms with Gasteiger partial charge in [-0.3, -0.25) is 5.73 Å². The first-order chi connectivity index (χ1) is 18.1. The summed E-state index contributed by atoms with van der Waals surface area (Å²) in [5.41, 5.74) is 7.33. The number of hydrogen-bond donors (Lipinski definition) is 2. The minimum Gasteiger partial charge on any atom is -0.490 e. The minimum atomic E-state index is -2.09. The molecule has 1 aromatic carbocycles. The van der Waals surface area contributed by atoms with Crippen molar-refractivity contribution in [3.63, 3.8) is 0 Å². The Morgan fingerprint density at radius 1 is 1.15 bits per heavy atom. The number of hydrogen-bond acceptors (Lipinski definition) is 6. The molecule has 39 heavy (non-hydrogen) atoms. The zero-order valence-electron chi connectivity index (χ0n) is 24.4. The van der Waals surface area contributed by atoms with E-state index in [0.717, 1.165) is 39.3 Å². The number of thioether (sulfide) groups is 1. The molecule has 0 radical (unpaired) electrons. The summed E-state index contributed by atoms with van der Waals surface area (Å²) in [7, 11) is 0. The Kier molecular flexibility index (Phi) is 11.7. The highest BCUT2D eigenvalue weighted by Gasteiger charge is 2.28. The smallest absolute Gasteiger partial charge is 0.216 e. The molecule has 5 nitrogen and oxygen atoms in total. The summed E-state index contributed by atoms with van der Waals surface area (Å²) in [5, 5.41) is 3.30. The van der Waals surface area contributed by atoms with E-state index >= 15 is 0 Å². The predicted octanol–water partition coefficient (Wildman–Crippen LogP) is 8.29. The fraction of sp³-hybridized carbons (Fsp3) is 0.484. The lowest BCUT2D eigenvalue weighted by Gasteiger charge is -2.28. The van der Waals surface area contributed by atoms with Crippen LogP contribution in [0, 0.1) is 5.92 Å². The average molecular weight is 559 g/mol. The SMILES string of the molecule is C=C(NCc1cnc(C(C)(N)F)nc1)c1cc(OC(CCC)CC(C)C(C)(C)F)cc(C(=C)S/C(C)=C\C)c1.